The quantitative estimate of drug-likeness (QED) is 0.561. The molecule has 0 saturated heterocycles. The number of carbonyl (C=O) groups excluding carboxylic acids is 1. The molecule has 2 heterocycles. The lowest BCUT2D eigenvalue weighted by Crippen LogP contribution is -2.45. The molecule has 2 aromatic heterocycles. The molecule has 1 amide bonds. The highest BCUT2D eigenvalue weighted by atomic mass is 35.5. The maximum atomic E-state index is 12.3. The second-order valence-electron chi connectivity index (χ2n) is 8.33. The average molecular weight is 460 g/mol. The molecule has 0 atom stereocenters. The molecule has 1 aliphatic rings. The highest BCUT2D eigenvalue weighted by molar-refractivity contribution is 6.30. The van der Waals surface area contributed by atoms with Crippen LogP contribution in [0.5, 0.6) is 0 Å². The van der Waals surface area contributed by atoms with E-state index in [-0.39, 0.29) is 19.0 Å². The number of aromatic nitrogens is 4. The third-order valence-electron chi connectivity index (χ3n) is 5.87. The monoisotopic (exact) mass is 459 g/mol. The van der Waals surface area contributed by atoms with Gasteiger partial charge in [0.05, 0.1) is 11.9 Å². The van der Waals surface area contributed by atoms with E-state index in [1.54, 1.807) is 6.33 Å². The highest BCUT2D eigenvalue weighted by Gasteiger charge is 2.29. The van der Waals surface area contributed by atoms with Crippen molar-refractivity contribution in [3.05, 3.63) is 57.4 Å². The Kier molecular flexibility index (Phi) is 6.48. The zero-order valence-electron chi connectivity index (χ0n) is 17.9. The first-order valence-corrected chi connectivity index (χ1v) is 11.0. The third-order valence-corrected chi connectivity index (χ3v) is 6.12. The zero-order chi connectivity index (χ0) is 22.7. The van der Waals surface area contributed by atoms with E-state index in [0.29, 0.717) is 30.1 Å². The van der Waals surface area contributed by atoms with Gasteiger partial charge < -0.3 is 19.4 Å². The number of imidazole rings is 1. The Balaban J connectivity index is 1.42. The van der Waals surface area contributed by atoms with Crippen LogP contribution in [0.1, 0.15) is 43.4 Å². The van der Waals surface area contributed by atoms with Crippen LogP contribution in [0.2, 0.25) is 5.02 Å². The molecule has 32 heavy (non-hydrogen) atoms. The van der Waals surface area contributed by atoms with E-state index in [9.17, 15) is 14.7 Å². The molecule has 0 unspecified atom stereocenters. The summed E-state index contributed by atoms with van der Waals surface area (Å²) in [4.78, 5) is 28.9. The second-order valence-corrected chi connectivity index (χ2v) is 8.76. The normalized spacial score (nSPS) is 15.6. The fraction of sp³-hybridized carbons (Fsp3) is 0.455. The fourth-order valence-corrected chi connectivity index (χ4v) is 4.07. The number of aliphatic hydroxyl groups is 1. The number of carbonyl (C=O) groups is 1. The standard InChI is InChI=1S/C22H26ClN5O4/c1-15-19(25-14-27(15)11-16-5-7-17(23)8-6-16)20-26-28(21(30)32-20)12-18(29)24-13-22(31)9-3-2-4-10-22/h5-8,14,31H,2-4,9-13H2,1H3,(H,24,29). The van der Waals surface area contributed by atoms with Crippen molar-refractivity contribution in [1.29, 1.82) is 0 Å². The summed E-state index contributed by atoms with van der Waals surface area (Å²) >= 11 is 5.94. The lowest BCUT2D eigenvalue weighted by molar-refractivity contribution is -0.123. The molecule has 0 radical (unpaired) electrons. The maximum absolute atomic E-state index is 12.3. The molecule has 4 rings (SSSR count). The molecular formula is C22H26ClN5O4. The lowest BCUT2D eigenvalue weighted by atomic mass is 9.85. The summed E-state index contributed by atoms with van der Waals surface area (Å²) in [6, 6.07) is 7.50. The summed E-state index contributed by atoms with van der Waals surface area (Å²) in [5, 5.41) is 18.0. The number of hydrogen-bond donors (Lipinski definition) is 2. The Bertz CT molecular complexity index is 1140. The minimum absolute atomic E-state index is 0.0565. The van der Waals surface area contributed by atoms with Gasteiger partial charge in [-0.25, -0.2) is 9.78 Å². The third kappa shape index (κ3) is 5.11. The van der Waals surface area contributed by atoms with Crippen LogP contribution in [0.15, 0.2) is 39.8 Å². The van der Waals surface area contributed by atoms with Gasteiger partial charge in [-0.15, -0.1) is 5.10 Å². The summed E-state index contributed by atoms with van der Waals surface area (Å²) in [5.74, 6) is -1.09. The Labute approximate surface area is 190 Å². The van der Waals surface area contributed by atoms with Gasteiger partial charge >= 0.3 is 5.76 Å². The number of hydrogen-bond acceptors (Lipinski definition) is 6. The molecule has 0 aliphatic heterocycles. The van der Waals surface area contributed by atoms with Gasteiger partial charge in [0.15, 0.2) is 0 Å². The van der Waals surface area contributed by atoms with E-state index in [0.717, 1.165) is 35.2 Å². The molecule has 1 aliphatic carbocycles. The Hall–Kier alpha value is -2.91. The molecule has 2 N–H and O–H groups in total. The highest BCUT2D eigenvalue weighted by Crippen LogP contribution is 2.27. The van der Waals surface area contributed by atoms with Crippen molar-refractivity contribution in [3.63, 3.8) is 0 Å². The van der Waals surface area contributed by atoms with Gasteiger partial charge in [-0.2, -0.15) is 4.68 Å². The molecule has 0 bridgehead atoms. The van der Waals surface area contributed by atoms with E-state index >= 15 is 0 Å². The average Bonchev–Trinajstić information content (AvgIpc) is 3.31. The van der Waals surface area contributed by atoms with E-state index < -0.39 is 17.3 Å². The first kappa shape index (κ1) is 22.3. The largest absolute Gasteiger partial charge is 0.437 e. The minimum Gasteiger partial charge on any atom is -0.388 e. The van der Waals surface area contributed by atoms with E-state index in [4.69, 9.17) is 16.0 Å². The van der Waals surface area contributed by atoms with Crippen LogP contribution in [0, 0.1) is 6.92 Å². The first-order chi connectivity index (χ1) is 15.3. The van der Waals surface area contributed by atoms with Crippen LogP contribution in [-0.2, 0) is 17.9 Å². The van der Waals surface area contributed by atoms with Crippen LogP contribution in [0.4, 0.5) is 0 Å². The molecule has 10 heteroatoms. The molecule has 1 fully saturated rings. The van der Waals surface area contributed by atoms with Crippen molar-refractivity contribution in [1.82, 2.24) is 24.6 Å². The molecule has 0 spiro atoms. The number of halogens is 1. The fourth-order valence-electron chi connectivity index (χ4n) is 3.94. The smallest absolute Gasteiger partial charge is 0.388 e. The predicted octanol–water partition coefficient (Wildman–Crippen LogP) is 2.52. The lowest BCUT2D eigenvalue weighted by Gasteiger charge is -2.32. The van der Waals surface area contributed by atoms with Gasteiger partial charge in [-0.1, -0.05) is 43.0 Å². The van der Waals surface area contributed by atoms with Gasteiger partial charge in [0, 0.05) is 23.8 Å². The van der Waals surface area contributed by atoms with E-state index in [2.05, 4.69) is 15.4 Å². The summed E-state index contributed by atoms with van der Waals surface area (Å²) < 4.78 is 8.13. The van der Waals surface area contributed by atoms with Crippen LogP contribution in [-0.4, -0.2) is 42.5 Å². The topological polar surface area (TPSA) is 115 Å². The molecule has 1 aromatic carbocycles. The minimum atomic E-state index is -0.873. The van der Waals surface area contributed by atoms with Gasteiger partial charge in [-0.3, -0.25) is 4.79 Å². The first-order valence-electron chi connectivity index (χ1n) is 10.7. The van der Waals surface area contributed by atoms with Crippen LogP contribution >= 0.6 is 11.6 Å². The van der Waals surface area contributed by atoms with Gasteiger partial charge in [-0.05, 0) is 37.5 Å². The van der Waals surface area contributed by atoms with Crippen LogP contribution in [0.25, 0.3) is 11.6 Å². The summed E-state index contributed by atoms with van der Waals surface area (Å²) in [6.07, 6.45) is 5.97. The number of benzene rings is 1. The van der Waals surface area contributed by atoms with Gasteiger partial charge in [0.1, 0.15) is 12.2 Å². The summed E-state index contributed by atoms with van der Waals surface area (Å²) in [5.41, 5.74) is 1.39. The number of nitrogens with one attached hydrogen (secondary N) is 1. The Morgan fingerprint density at radius 3 is 2.69 bits per heavy atom. The Morgan fingerprint density at radius 2 is 1.97 bits per heavy atom. The maximum Gasteiger partial charge on any atom is 0.437 e. The van der Waals surface area contributed by atoms with Crippen molar-refractivity contribution in [3.8, 4) is 11.6 Å². The van der Waals surface area contributed by atoms with E-state index in [1.165, 1.54) is 0 Å². The molecule has 1 saturated carbocycles. The predicted molar refractivity (Wildman–Crippen MR) is 118 cm³/mol. The van der Waals surface area contributed by atoms with Gasteiger partial charge in [0.2, 0.25) is 5.91 Å². The number of rotatable bonds is 7. The van der Waals surface area contributed by atoms with Crippen molar-refractivity contribution >= 4 is 17.5 Å². The number of nitrogens with zero attached hydrogens (tertiary/aromatic N) is 4. The number of amides is 1. The molecule has 3 aromatic rings. The molecule has 170 valence electrons. The van der Waals surface area contributed by atoms with Crippen LogP contribution < -0.4 is 11.1 Å². The second kappa shape index (κ2) is 9.30. The van der Waals surface area contributed by atoms with Crippen molar-refractivity contribution in [2.45, 2.75) is 57.7 Å². The summed E-state index contributed by atoms with van der Waals surface area (Å²) in [6.45, 7) is 2.31. The van der Waals surface area contributed by atoms with Crippen LogP contribution in [0.3, 0.4) is 0 Å². The van der Waals surface area contributed by atoms with Crippen molar-refractivity contribution < 1.29 is 14.3 Å². The van der Waals surface area contributed by atoms with Crippen molar-refractivity contribution in [2.75, 3.05) is 6.54 Å². The molecular weight excluding hydrogens is 434 g/mol. The molecule has 9 nitrogen and oxygen atoms in total. The SMILES string of the molecule is Cc1c(-c2nn(CC(=O)NCC3(O)CCCCC3)c(=O)o2)ncn1Cc1ccc(Cl)cc1. The Morgan fingerprint density at radius 1 is 1.25 bits per heavy atom. The van der Waals surface area contributed by atoms with Crippen molar-refractivity contribution in [2.24, 2.45) is 0 Å². The summed E-state index contributed by atoms with van der Waals surface area (Å²) in [7, 11) is 0. The zero-order valence-corrected chi connectivity index (χ0v) is 18.6. The van der Waals surface area contributed by atoms with E-state index in [1.807, 2.05) is 35.8 Å². The van der Waals surface area contributed by atoms with Gasteiger partial charge in [0.25, 0.3) is 5.89 Å².